The fraction of sp³-hybridized carbons (Fsp3) is 1.00. The van der Waals surface area contributed by atoms with Crippen molar-refractivity contribution in [2.75, 3.05) is 65.4 Å². The first kappa shape index (κ1) is 16.9. The summed E-state index contributed by atoms with van der Waals surface area (Å²) in [6.45, 7) is 16.4. The Morgan fingerprint density at radius 2 is 1.42 bits per heavy atom. The largest absolute Gasteiger partial charge is 0.330 e. The van der Waals surface area contributed by atoms with Crippen LogP contribution in [-0.2, 0) is 0 Å². The van der Waals surface area contributed by atoms with Crippen LogP contribution >= 0.6 is 0 Å². The standard InChI is InChI=1S/C15H34N4/c1-3-17(4-2)10-11-19-14-12-18(13-15-19)9-7-5-6-8-16/h3-16H2,1-2H3. The maximum Gasteiger partial charge on any atom is 0.0110 e. The molecule has 0 aliphatic carbocycles. The van der Waals surface area contributed by atoms with E-state index in [2.05, 4.69) is 28.5 Å². The summed E-state index contributed by atoms with van der Waals surface area (Å²) in [5, 5.41) is 0. The summed E-state index contributed by atoms with van der Waals surface area (Å²) in [5.41, 5.74) is 5.52. The first-order valence-corrected chi connectivity index (χ1v) is 8.17. The summed E-state index contributed by atoms with van der Waals surface area (Å²) in [4.78, 5) is 7.75. The minimum absolute atomic E-state index is 0.846. The second-order valence-electron chi connectivity index (χ2n) is 5.56. The highest BCUT2D eigenvalue weighted by molar-refractivity contribution is 4.72. The lowest BCUT2D eigenvalue weighted by molar-refractivity contribution is 0.119. The van der Waals surface area contributed by atoms with Crippen molar-refractivity contribution >= 4 is 0 Å². The number of likely N-dealkylation sites (N-methyl/N-ethyl adjacent to an activating group) is 1. The molecule has 0 aromatic heterocycles. The van der Waals surface area contributed by atoms with E-state index in [0.717, 1.165) is 6.54 Å². The van der Waals surface area contributed by atoms with E-state index in [9.17, 15) is 0 Å². The molecule has 0 amide bonds. The molecule has 0 unspecified atom stereocenters. The lowest BCUT2D eigenvalue weighted by atomic mass is 10.2. The van der Waals surface area contributed by atoms with Gasteiger partial charge in [0.2, 0.25) is 0 Å². The number of nitrogens with zero attached hydrogens (tertiary/aromatic N) is 3. The van der Waals surface area contributed by atoms with Crippen LogP contribution in [0.15, 0.2) is 0 Å². The second-order valence-corrected chi connectivity index (χ2v) is 5.56. The summed E-state index contributed by atoms with van der Waals surface area (Å²) >= 11 is 0. The van der Waals surface area contributed by atoms with Crippen molar-refractivity contribution in [2.24, 2.45) is 5.73 Å². The van der Waals surface area contributed by atoms with Gasteiger partial charge in [-0.1, -0.05) is 20.3 Å². The topological polar surface area (TPSA) is 35.7 Å². The number of piperazine rings is 1. The van der Waals surface area contributed by atoms with Crippen LogP contribution in [0.5, 0.6) is 0 Å². The van der Waals surface area contributed by atoms with E-state index in [1.165, 1.54) is 78.2 Å². The summed E-state index contributed by atoms with van der Waals surface area (Å²) < 4.78 is 0. The van der Waals surface area contributed by atoms with Crippen LogP contribution in [0, 0.1) is 0 Å². The van der Waals surface area contributed by atoms with Crippen molar-refractivity contribution in [3.63, 3.8) is 0 Å². The monoisotopic (exact) mass is 270 g/mol. The van der Waals surface area contributed by atoms with Gasteiger partial charge in [-0.25, -0.2) is 0 Å². The highest BCUT2D eigenvalue weighted by Gasteiger charge is 2.16. The van der Waals surface area contributed by atoms with Crippen molar-refractivity contribution < 1.29 is 0 Å². The van der Waals surface area contributed by atoms with Crippen molar-refractivity contribution in [2.45, 2.75) is 33.1 Å². The molecule has 4 heteroatoms. The summed E-state index contributed by atoms with van der Waals surface area (Å²) in [5.74, 6) is 0. The van der Waals surface area contributed by atoms with E-state index < -0.39 is 0 Å². The predicted molar refractivity (Wildman–Crippen MR) is 83.6 cm³/mol. The molecule has 0 radical (unpaired) electrons. The Bertz CT molecular complexity index is 198. The SMILES string of the molecule is CCN(CC)CCN1CCN(CCCCCN)CC1. The molecule has 2 N–H and O–H groups in total. The number of rotatable bonds is 10. The molecule has 1 saturated heterocycles. The van der Waals surface area contributed by atoms with Gasteiger partial charge in [0.25, 0.3) is 0 Å². The highest BCUT2D eigenvalue weighted by atomic mass is 15.3. The normalized spacial score (nSPS) is 18.3. The van der Waals surface area contributed by atoms with E-state index in [1.807, 2.05) is 0 Å². The van der Waals surface area contributed by atoms with Crippen molar-refractivity contribution in [1.82, 2.24) is 14.7 Å². The average molecular weight is 270 g/mol. The minimum Gasteiger partial charge on any atom is -0.330 e. The molecule has 114 valence electrons. The van der Waals surface area contributed by atoms with Crippen molar-refractivity contribution in [3.8, 4) is 0 Å². The third kappa shape index (κ3) is 7.25. The Balaban J connectivity index is 2.05. The highest BCUT2D eigenvalue weighted by Crippen LogP contribution is 2.04. The third-order valence-corrected chi connectivity index (χ3v) is 4.27. The zero-order valence-electron chi connectivity index (χ0n) is 13.1. The van der Waals surface area contributed by atoms with E-state index >= 15 is 0 Å². The Morgan fingerprint density at radius 1 is 0.842 bits per heavy atom. The summed E-state index contributed by atoms with van der Waals surface area (Å²) in [6.07, 6.45) is 3.79. The van der Waals surface area contributed by atoms with Gasteiger partial charge in [-0.05, 0) is 39.0 Å². The minimum atomic E-state index is 0.846. The molecular formula is C15H34N4. The molecule has 0 saturated carbocycles. The molecule has 19 heavy (non-hydrogen) atoms. The van der Waals surface area contributed by atoms with Gasteiger partial charge in [-0.15, -0.1) is 0 Å². The molecule has 0 spiro atoms. The molecule has 0 atom stereocenters. The van der Waals surface area contributed by atoms with E-state index in [-0.39, 0.29) is 0 Å². The van der Waals surface area contributed by atoms with Crippen LogP contribution in [-0.4, -0.2) is 80.1 Å². The Labute approximate surface area is 119 Å². The Kier molecular flexibility index (Phi) is 9.43. The van der Waals surface area contributed by atoms with Crippen LogP contribution in [0.2, 0.25) is 0 Å². The molecule has 0 aromatic carbocycles. The Hall–Kier alpha value is -0.160. The number of hydrogen-bond donors (Lipinski definition) is 1. The maximum atomic E-state index is 5.52. The maximum absolute atomic E-state index is 5.52. The molecule has 0 aromatic rings. The van der Waals surface area contributed by atoms with Crippen LogP contribution in [0.3, 0.4) is 0 Å². The molecule has 0 bridgehead atoms. The smallest absolute Gasteiger partial charge is 0.0110 e. The fourth-order valence-electron chi connectivity index (χ4n) is 2.72. The van der Waals surface area contributed by atoms with Crippen LogP contribution in [0.25, 0.3) is 0 Å². The summed E-state index contributed by atoms with van der Waals surface area (Å²) in [6, 6.07) is 0. The summed E-state index contributed by atoms with van der Waals surface area (Å²) in [7, 11) is 0. The molecule has 1 aliphatic rings. The predicted octanol–water partition coefficient (Wildman–Crippen LogP) is 1.07. The third-order valence-electron chi connectivity index (χ3n) is 4.27. The molecule has 1 aliphatic heterocycles. The van der Waals surface area contributed by atoms with Gasteiger partial charge in [-0.3, -0.25) is 4.90 Å². The van der Waals surface area contributed by atoms with Gasteiger partial charge in [-0.2, -0.15) is 0 Å². The van der Waals surface area contributed by atoms with E-state index in [4.69, 9.17) is 5.73 Å². The van der Waals surface area contributed by atoms with Crippen LogP contribution in [0.1, 0.15) is 33.1 Å². The quantitative estimate of drug-likeness (QED) is 0.603. The van der Waals surface area contributed by atoms with Gasteiger partial charge in [0.05, 0.1) is 0 Å². The van der Waals surface area contributed by atoms with E-state index in [0.29, 0.717) is 0 Å². The zero-order chi connectivity index (χ0) is 13.9. The molecular weight excluding hydrogens is 236 g/mol. The Morgan fingerprint density at radius 3 is 1.95 bits per heavy atom. The number of nitrogens with two attached hydrogens (primary N) is 1. The second kappa shape index (κ2) is 10.6. The first-order chi connectivity index (χ1) is 9.30. The lowest BCUT2D eigenvalue weighted by Crippen LogP contribution is -2.48. The molecule has 1 rings (SSSR count). The van der Waals surface area contributed by atoms with Gasteiger partial charge in [0.1, 0.15) is 0 Å². The van der Waals surface area contributed by atoms with Crippen molar-refractivity contribution in [3.05, 3.63) is 0 Å². The van der Waals surface area contributed by atoms with Crippen molar-refractivity contribution in [1.29, 1.82) is 0 Å². The first-order valence-electron chi connectivity index (χ1n) is 8.17. The number of hydrogen-bond acceptors (Lipinski definition) is 4. The molecule has 1 heterocycles. The molecule has 1 fully saturated rings. The zero-order valence-corrected chi connectivity index (χ0v) is 13.1. The van der Waals surface area contributed by atoms with Gasteiger partial charge in [0, 0.05) is 39.3 Å². The molecule has 4 nitrogen and oxygen atoms in total. The van der Waals surface area contributed by atoms with Crippen LogP contribution < -0.4 is 5.73 Å². The number of unbranched alkanes of at least 4 members (excludes halogenated alkanes) is 2. The van der Waals surface area contributed by atoms with Gasteiger partial charge in [0.15, 0.2) is 0 Å². The average Bonchev–Trinajstić information content (AvgIpc) is 2.46. The van der Waals surface area contributed by atoms with E-state index in [1.54, 1.807) is 0 Å². The van der Waals surface area contributed by atoms with Gasteiger partial charge >= 0.3 is 0 Å². The van der Waals surface area contributed by atoms with Gasteiger partial charge < -0.3 is 15.5 Å². The van der Waals surface area contributed by atoms with Crippen LogP contribution in [0.4, 0.5) is 0 Å². The fourth-order valence-corrected chi connectivity index (χ4v) is 2.72. The lowest BCUT2D eigenvalue weighted by Gasteiger charge is -2.35.